The summed E-state index contributed by atoms with van der Waals surface area (Å²) in [6.07, 6.45) is 0. The third-order valence-electron chi connectivity index (χ3n) is 2.13. The molecule has 0 radical (unpaired) electrons. The van der Waals surface area contributed by atoms with E-state index in [1.54, 1.807) is 0 Å². The van der Waals surface area contributed by atoms with Crippen LogP contribution in [0.2, 0.25) is 0 Å². The lowest BCUT2D eigenvalue weighted by Crippen LogP contribution is -2.15. The number of H-pyrrole nitrogens is 1. The molecule has 14 heavy (non-hydrogen) atoms. The predicted octanol–water partition coefficient (Wildman–Crippen LogP) is 1.62. The first-order valence-corrected chi connectivity index (χ1v) is 4.76. The number of hydrogen-bond donors (Lipinski definition) is 2. The van der Waals surface area contributed by atoms with Crippen LogP contribution in [0.4, 0.5) is 0 Å². The monoisotopic (exact) mass is 208 g/mol. The van der Waals surface area contributed by atoms with E-state index in [4.69, 9.17) is 9.47 Å². The number of rotatable bonds is 0. The van der Waals surface area contributed by atoms with Gasteiger partial charge in [-0.1, -0.05) is 0 Å². The molecule has 2 heterocycles. The van der Waals surface area contributed by atoms with E-state index in [9.17, 15) is 0 Å². The standard InChI is InChI=1S/C9H8N2O2S/c14-9-10-5-3-7-8(4-6(5)11-9)13-2-1-12-7/h3-4H,1-2H2,(H2,10,11,14). The van der Waals surface area contributed by atoms with E-state index in [-0.39, 0.29) is 0 Å². The highest BCUT2D eigenvalue weighted by molar-refractivity contribution is 7.80. The van der Waals surface area contributed by atoms with Gasteiger partial charge in [0.15, 0.2) is 16.7 Å². The molecule has 5 heteroatoms. The van der Waals surface area contributed by atoms with Crippen LogP contribution in [0.25, 0.3) is 11.0 Å². The van der Waals surface area contributed by atoms with Crippen molar-refractivity contribution in [1.82, 2.24) is 9.97 Å². The van der Waals surface area contributed by atoms with Gasteiger partial charge >= 0.3 is 0 Å². The van der Waals surface area contributed by atoms with Gasteiger partial charge in [-0.25, -0.2) is 4.98 Å². The Bertz CT molecular complexity index is 452. The molecule has 1 aromatic carbocycles. The lowest BCUT2D eigenvalue weighted by molar-refractivity contribution is 0.172. The van der Waals surface area contributed by atoms with Crippen LogP contribution in [0.1, 0.15) is 0 Å². The molecule has 72 valence electrons. The van der Waals surface area contributed by atoms with E-state index < -0.39 is 0 Å². The van der Waals surface area contributed by atoms with E-state index in [1.807, 2.05) is 12.1 Å². The molecular formula is C9H8N2O2S. The number of imidazole rings is 1. The second-order valence-electron chi connectivity index (χ2n) is 3.07. The topological polar surface area (TPSA) is 47.1 Å². The third-order valence-corrected chi connectivity index (χ3v) is 2.35. The van der Waals surface area contributed by atoms with Crippen LogP contribution in [0.15, 0.2) is 17.3 Å². The smallest absolute Gasteiger partial charge is 0.163 e. The van der Waals surface area contributed by atoms with Gasteiger partial charge < -0.3 is 14.5 Å². The minimum Gasteiger partial charge on any atom is -0.486 e. The Morgan fingerprint density at radius 2 is 1.93 bits per heavy atom. The Morgan fingerprint density at radius 1 is 1.21 bits per heavy atom. The lowest BCUT2D eigenvalue weighted by atomic mass is 10.2. The molecule has 0 fully saturated rings. The van der Waals surface area contributed by atoms with Crippen LogP contribution in [0.5, 0.6) is 11.5 Å². The number of fused-ring (bicyclic) bond motifs is 2. The molecule has 1 aliphatic rings. The Hall–Kier alpha value is -1.36. The molecule has 0 spiro atoms. The zero-order valence-corrected chi connectivity index (χ0v) is 8.17. The molecule has 0 unspecified atom stereocenters. The molecule has 0 amide bonds. The number of benzene rings is 1. The van der Waals surface area contributed by atoms with Gasteiger partial charge in [-0.15, -0.1) is 12.6 Å². The summed E-state index contributed by atoms with van der Waals surface area (Å²) >= 11 is 4.14. The van der Waals surface area contributed by atoms with Crippen LogP contribution >= 0.6 is 12.6 Å². The first kappa shape index (κ1) is 7.99. The number of nitrogens with zero attached hydrogens (tertiary/aromatic N) is 1. The van der Waals surface area contributed by atoms with Gasteiger partial charge in [0.05, 0.1) is 11.0 Å². The SMILES string of the molecule is Sc1nc2cc3c(cc2[nH]1)OCCO3. The molecular weight excluding hydrogens is 200 g/mol. The first-order valence-electron chi connectivity index (χ1n) is 4.31. The number of aromatic nitrogens is 2. The zero-order chi connectivity index (χ0) is 9.54. The molecule has 0 atom stereocenters. The normalized spacial score (nSPS) is 14.6. The van der Waals surface area contributed by atoms with Crippen molar-refractivity contribution in [3.8, 4) is 11.5 Å². The summed E-state index contributed by atoms with van der Waals surface area (Å²) in [7, 11) is 0. The number of thiol groups is 1. The summed E-state index contributed by atoms with van der Waals surface area (Å²) in [6.45, 7) is 1.19. The number of nitrogens with one attached hydrogen (secondary N) is 1. The minimum atomic E-state index is 0.594. The lowest BCUT2D eigenvalue weighted by Gasteiger charge is -2.17. The van der Waals surface area contributed by atoms with E-state index in [2.05, 4.69) is 22.6 Å². The summed E-state index contributed by atoms with van der Waals surface area (Å²) in [5.74, 6) is 1.52. The second-order valence-corrected chi connectivity index (χ2v) is 3.50. The fraction of sp³-hybridized carbons (Fsp3) is 0.222. The third kappa shape index (κ3) is 1.13. The summed E-state index contributed by atoms with van der Waals surface area (Å²) in [5.41, 5.74) is 1.76. The Morgan fingerprint density at radius 3 is 2.71 bits per heavy atom. The molecule has 0 saturated carbocycles. The van der Waals surface area contributed by atoms with E-state index in [0.717, 1.165) is 22.5 Å². The van der Waals surface area contributed by atoms with Gasteiger partial charge in [0.2, 0.25) is 0 Å². The molecule has 2 aromatic rings. The van der Waals surface area contributed by atoms with Crippen molar-refractivity contribution in [1.29, 1.82) is 0 Å². The molecule has 3 rings (SSSR count). The van der Waals surface area contributed by atoms with Crippen molar-refractivity contribution in [2.75, 3.05) is 13.2 Å². The van der Waals surface area contributed by atoms with Crippen molar-refractivity contribution >= 4 is 23.7 Å². The van der Waals surface area contributed by atoms with Gasteiger partial charge in [-0.05, 0) is 0 Å². The fourth-order valence-corrected chi connectivity index (χ4v) is 1.76. The highest BCUT2D eigenvalue weighted by Crippen LogP contribution is 2.33. The molecule has 1 aromatic heterocycles. The van der Waals surface area contributed by atoms with Crippen molar-refractivity contribution in [2.24, 2.45) is 0 Å². The summed E-state index contributed by atoms with van der Waals surface area (Å²) in [6, 6.07) is 3.75. The van der Waals surface area contributed by atoms with Crippen molar-refractivity contribution in [3.05, 3.63) is 12.1 Å². The van der Waals surface area contributed by atoms with Crippen molar-refractivity contribution in [2.45, 2.75) is 5.16 Å². The molecule has 1 aliphatic heterocycles. The molecule has 4 nitrogen and oxygen atoms in total. The Kier molecular flexibility index (Phi) is 1.61. The maximum Gasteiger partial charge on any atom is 0.163 e. The largest absolute Gasteiger partial charge is 0.486 e. The molecule has 0 aliphatic carbocycles. The van der Waals surface area contributed by atoms with E-state index in [1.165, 1.54) is 0 Å². The Balaban J connectivity index is 2.26. The minimum absolute atomic E-state index is 0.594. The number of aromatic amines is 1. The van der Waals surface area contributed by atoms with Gasteiger partial charge in [0, 0.05) is 12.1 Å². The van der Waals surface area contributed by atoms with Crippen LogP contribution in [-0.4, -0.2) is 23.2 Å². The number of hydrogen-bond acceptors (Lipinski definition) is 4. The maximum absolute atomic E-state index is 5.44. The van der Waals surface area contributed by atoms with Gasteiger partial charge in [-0.2, -0.15) is 0 Å². The van der Waals surface area contributed by atoms with Gasteiger partial charge in [0.25, 0.3) is 0 Å². The Labute approximate surface area is 85.6 Å². The quantitative estimate of drug-likeness (QED) is 0.647. The highest BCUT2D eigenvalue weighted by Gasteiger charge is 2.13. The average molecular weight is 208 g/mol. The first-order chi connectivity index (χ1) is 6.83. The van der Waals surface area contributed by atoms with Crippen molar-refractivity contribution in [3.63, 3.8) is 0 Å². The molecule has 0 saturated heterocycles. The molecule has 0 bridgehead atoms. The van der Waals surface area contributed by atoms with Crippen LogP contribution in [-0.2, 0) is 0 Å². The van der Waals surface area contributed by atoms with Crippen LogP contribution in [0, 0.1) is 0 Å². The summed E-state index contributed by atoms with van der Waals surface area (Å²) in [5, 5.41) is 0.599. The molecule has 1 N–H and O–H groups in total. The number of ether oxygens (including phenoxy) is 2. The fourth-order valence-electron chi connectivity index (χ4n) is 1.53. The summed E-state index contributed by atoms with van der Waals surface area (Å²) in [4.78, 5) is 7.22. The van der Waals surface area contributed by atoms with Crippen molar-refractivity contribution < 1.29 is 9.47 Å². The maximum atomic E-state index is 5.44. The van der Waals surface area contributed by atoms with Gasteiger partial charge in [0.1, 0.15) is 13.2 Å². The summed E-state index contributed by atoms with van der Waals surface area (Å²) < 4.78 is 10.9. The van der Waals surface area contributed by atoms with E-state index in [0.29, 0.717) is 18.4 Å². The second kappa shape index (κ2) is 2.81. The van der Waals surface area contributed by atoms with Gasteiger partial charge in [-0.3, -0.25) is 0 Å². The average Bonchev–Trinajstić information content (AvgIpc) is 2.53. The van der Waals surface area contributed by atoms with E-state index >= 15 is 0 Å². The van der Waals surface area contributed by atoms with Crippen LogP contribution in [0.3, 0.4) is 0 Å². The highest BCUT2D eigenvalue weighted by atomic mass is 32.1. The predicted molar refractivity (Wildman–Crippen MR) is 54.3 cm³/mol. The zero-order valence-electron chi connectivity index (χ0n) is 7.28. The van der Waals surface area contributed by atoms with Crippen LogP contribution < -0.4 is 9.47 Å².